The maximum absolute atomic E-state index is 4.31. The van der Waals surface area contributed by atoms with Crippen molar-refractivity contribution in [3.63, 3.8) is 0 Å². The molecule has 0 spiro atoms. The molecule has 0 aliphatic rings. The summed E-state index contributed by atoms with van der Waals surface area (Å²) < 4.78 is 1.18. The third-order valence-corrected chi connectivity index (χ3v) is 3.70. The molecule has 86 valence electrons. The third kappa shape index (κ3) is 2.32. The summed E-state index contributed by atoms with van der Waals surface area (Å²) >= 11 is 1.72. The van der Waals surface area contributed by atoms with E-state index in [-0.39, 0.29) is 0 Å². The summed E-state index contributed by atoms with van der Waals surface area (Å²) in [4.78, 5) is 8.61. The van der Waals surface area contributed by atoms with Crippen molar-refractivity contribution < 1.29 is 0 Å². The average Bonchev–Trinajstić information content (AvgIpc) is 2.68. The van der Waals surface area contributed by atoms with E-state index in [0.29, 0.717) is 0 Å². The third-order valence-electron chi connectivity index (χ3n) is 2.60. The number of anilines is 1. The molecule has 1 N–H and O–H groups in total. The monoisotopic (exact) mass is 235 g/mol. The van der Waals surface area contributed by atoms with Crippen molar-refractivity contribution in [2.45, 2.75) is 33.1 Å². The number of nitrogens with one attached hydrogen (secondary N) is 1. The first-order chi connectivity index (χ1) is 7.83. The van der Waals surface area contributed by atoms with Crippen molar-refractivity contribution in [3.8, 4) is 0 Å². The van der Waals surface area contributed by atoms with Gasteiger partial charge in [-0.15, -0.1) is 11.3 Å². The predicted molar refractivity (Wildman–Crippen MR) is 70.2 cm³/mol. The van der Waals surface area contributed by atoms with Crippen LogP contribution in [0, 0.1) is 6.92 Å². The number of rotatable bonds is 5. The molecule has 0 aliphatic carbocycles. The molecule has 0 saturated carbocycles. The molecule has 0 aromatic carbocycles. The molecular formula is C12H17N3S. The Morgan fingerprint density at radius 1 is 1.31 bits per heavy atom. The van der Waals surface area contributed by atoms with Crippen LogP contribution in [-0.4, -0.2) is 16.5 Å². The summed E-state index contributed by atoms with van der Waals surface area (Å²) in [6, 6.07) is 0. The van der Waals surface area contributed by atoms with Crippen LogP contribution in [0.2, 0.25) is 0 Å². The number of nitrogens with zero attached hydrogens (tertiary/aromatic N) is 2. The molecule has 16 heavy (non-hydrogen) atoms. The van der Waals surface area contributed by atoms with Crippen LogP contribution in [0.4, 0.5) is 5.82 Å². The van der Waals surface area contributed by atoms with Crippen LogP contribution in [0.25, 0.3) is 10.2 Å². The molecule has 0 unspecified atom stereocenters. The van der Waals surface area contributed by atoms with Crippen LogP contribution in [0.15, 0.2) is 11.7 Å². The van der Waals surface area contributed by atoms with E-state index >= 15 is 0 Å². The highest BCUT2D eigenvalue weighted by atomic mass is 32.1. The minimum Gasteiger partial charge on any atom is -0.369 e. The highest BCUT2D eigenvalue weighted by Crippen LogP contribution is 2.28. The number of hydrogen-bond donors (Lipinski definition) is 1. The predicted octanol–water partition coefficient (Wildman–Crippen LogP) is 3.60. The van der Waals surface area contributed by atoms with E-state index in [1.54, 1.807) is 17.7 Å². The Morgan fingerprint density at radius 3 is 3.00 bits per heavy atom. The lowest BCUT2D eigenvalue weighted by molar-refractivity contribution is 0.743. The first-order valence-corrected chi connectivity index (χ1v) is 6.63. The molecule has 0 atom stereocenters. The van der Waals surface area contributed by atoms with Gasteiger partial charge in [-0.2, -0.15) is 0 Å². The average molecular weight is 235 g/mol. The first-order valence-electron chi connectivity index (χ1n) is 5.75. The Balaban J connectivity index is 2.11. The van der Waals surface area contributed by atoms with Gasteiger partial charge in [-0.3, -0.25) is 0 Å². The lowest BCUT2D eigenvalue weighted by Gasteiger charge is -2.05. The van der Waals surface area contributed by atoms with Crippen LogP contribution in [-0.2, 0) is 0 Å². The van der Waals surface area contributed by atoms with Crippen molar-refractivity contribution in [2.24, 2.45) is 0 Å². The second kappa shape index (κ2) is 5.25. The number of unbranched alkanes of at least 4 members (excludes halogenated alkanes) is 2. The summed E-state index contributed by atoms with van der Waals surface area (Å²) in [5.41, 5.74) is 2.32. The number of hydrogen-bond acceptors (Lipinski definition) is 4. The molecule has 0 amide bonds. The van der Waals surface area contributed by atoms with Crippen molar-refractivity contribution in [1.29, 1.82) is 0 Å². The molecular weight excluding hydrogens is 218 g/mol. The number of fused-ring (bicyclic) bond motifs is 1. The maximum Gasteiger partial charge on any atom is 0.147 e. The fraction of sp³-hybridized carbons (Fsp3) is 0.500. The summed E-state index contributed by atoms with van der Waals surface area (Å²) in [6.07, 6.45) is 5.36. The van der Waals surface area contributed by atoms with Gasteiger partial charge in [-0.05, 0) is 24.3 Å². The summed E-state index contributed by atoms with van der Waals surface area (Å²) in [7, 11) is 0. The van der Waals surface area contributed by atoms with E-state index in [2.05, 4.69) is 34.5 Å². The SMILES string of the molecule is CCCCCNc1ncnc2c(C)csc12. The van der Waals surface area contributed by atoms with Gasteiger partial charge in [0.2, 0.25) is 0 Å². The fourth-order valence-electron chi connectivity index (χ4n) is 1.68. The highest BCUT2D eigenvalue weighted by Gasteiger charge is 2.06. The molecule has 0 bridgehead atoms. The molecule has 0 fully saturated rings. The normalized spacial score (nSPS) is 10.9. The topological polar surface area (TPSA) is 37.8 Å². The van der Waals surface area contributed by atoms with Crippen molar-refractivity contribution in [2.75, 3.05) is 11.9 Å². The van der Waals surface area contributed by atoms with Crippen LogP contribution in [0.5, 0.6) is 0 Å². The van der Waals surface area contributed by atoms with E-state index in [9.17, 15) is 0 Å². The molecule has 2 aromatic heterocycles. The number of thiophene rings is 1. The quantitative estimate of drug-likeness (QED) is 0.805. The van der Waals surface area contributed by atoms with Gasteiger partial charge >= 0.3 is 0 Å². The van der Waals surface area contributed by atoms with Gasteiger partial charge in [0.25, 0.3) is 0 Å². The summed E-state index contributed by atoms with van der Waals surface area (Å²) in [5.74, 6) is 0.985. The van der Waals surface area contributed by atoms with Gasteiger partial charge in [-0.1, -0.05) is 19.8 Å². The van der Waals surface area contributed by atoms with Crippen molar-refractivity contribution in [1.82, 2.24) is 9.97 Å². The molecule has 4 heteroatoms. The zero-order chi connectivity index (χ0) is 11.4. The van der Waals surface area contributed by atoms with Crippen LogP contribution < -0.4 is 5.32 Å². The van der Waals surface area contributed by atoms with E-state index in [4.69, 9.17) is 0 Å². The Bertz CT molecular complexity index is 464. The highest BCUT2D eigenvalue weighted by molar-refractivity contribution is 7.18. The smallest absolute Gasteiger partial charge is 0.147 e. The van der Waals surface area contributed by atoms with E-state index < -0.39 is 0 Å². The molecule has 0 aliphatic heterocycles. The lowest BCUT2D eigenvalue weighted by atomic mass is 10.2. The standard InChI is InChI=1S/C12H17N3S/c1-3-4-5-6-13-12-11-10(14-8-15-12)9(2)7-16-11/h7-8H,3-6H2,1-2H3,(H,13,14,15). The van der Waals surface area contributed by atoms with Gasteiger partial charge < -0.3 is 5.32 Å². The molecule has 2 rings (SSSR count). The Morgan fingerprint density at radius 2 is 2.19 bits per heavy atom. The van der Waals surface area contributed by atoms with Crippen LogP contribution in [0.3, 0.4) is 0 Å². The minimum absolute atomic E-state index is 0.985. The second-order valence-electron chi connectivity index (χ2n) is 3.95. The minimum atomic E-state index is 0.985. The zero-order valence-corrected chi connectivity index (χ0v) is 10.6. The van der Waals surface area contributed by atoms with E-state index in [1.165, 1.54) is 29.5 Å². The Labute approximate surface area is 99.9 Å². The molecule has 2 heterocycles. The number of aromatic nitrogens is 2. The first kappa shape index (κ1) is 11.3. The largest absolute Gasteiger partial charge is 0.369 e. The van der Waals surface area contributed by atoms with Crippen LogP contribution in [0.1, 0.15) is 31.7 Å². The Hall–Kier alpha value is -1.16. The van der Waals surface area contributed by atoms with E-state index in [1.807, 2.05) is 0 Å². The summed E-state index contributed by atoms with van der Waals surface area (Å²) in [5, 5.41) is 5.53. The number of aryl methyl sites for hydroxylation is 1. The van der Waals surface area contributed by atoms with Gasteiger partial charge in [0.05, 0.1) is 10.2 Å². The second-order valence-corrected chi connectivity index (χ2v) is 4.83. The zero-order valence-electron chi connectivity index (χ0n) is 9.79. The Kier molecular flexibility index (Phi) is 3.72. The molecule has 3 nitrogen and oxygen atoms in total. The van der Waals surface area contributed by atoms with Crippen molar-refractivity contribution in [3.05, 3.63) is 17.3 Å². The van der Waals surface area contributed by atoms with E-state index in [0.717, 1.165) is 17.9 Å². The lowest BCUT2D eigenvalue weighted by Crippen LogP contribution is -2.03. The fourth-order valence-corrected chi connectivity index (χ4v) is 2.65. The maximum atomic E-state index is 4.31. The molecule has 0 saturated heterocycles. The van der Waals surface area contributed by atoms with Gasteiger partial charge in [0.15, 0.2) is 0 Å². The van der Waals surface area contributed by atoms with Gasteiger partial charge in [0.1, 0.15) is 12.1 Å². The molecule has 0 radical (unpaired) electrons. The van der Waals surface area contributed by atoms with Crippen molar-refractivity contribution >= 4 is 27.4 Å². The van der Waals surface area contributed by atoms with Gasteiger partial charge in [-0.25, -0.2) is 9.97 Å². The van der Waals surface area contributed by atoms with Gasteiger partial charge in [0, 0.05) is 6.54 Å². The van der Waals surface area contributed by atoms with Crippen LogP contribution >= 0.6 is 11.3 Å². The summed E-state index contributed by atoms with van der Waals surface area (Å²) in [6.45, 7) is 5.30. The molecule has 2 aromatic rings.